The second kappa shape index (κ2) is 5.37. The van der Waals surface area contributed by atoms with Crippen LogP contribution in [0.3, 0.4) is 0 Å². The van der Waals surface area contributed by atoms with Gasteiger partial charge in [-0.2, -0.15) is 0 Å². The van der Waals surface area contributed by atoms with E-state index < -0.39 is 0 Å². The minimum Gasteiger partial charge on any atom is -0.456 e. The van der Waals surface area contributed by atoms with Crippen LogP contribution in [0.5, 0.6) is 0 Å². The minimum atomic E-state index is 0.952. The molecule has 0 bridgehead atoms. The van der Waals surface area contributed by atoms with Crippen LogP contribution in [-0.4, -0.2) is 7.85 Å². The first kappa shape index (κ1) is 14.9. The predicted molar refractivity (Wildman–Crippen MR) is 116 cm³/mol. The molecule has 0 radical (unpaired) electrons. The lowest BCUT2D eigenvalue weighted by Gasteiger charge is -2.06. The lowest BCUT2D eigenvalue weighted by atomic mass is 9.94. The molecule has 1 aliphatic rings. The van der Waals surface area contributed by atoms with Gasteiger partial charge in [0.1, 0.15) is 19.0 Å². The summed E-state index contributed by atoms with van der Waals surface area (Å²) < 4.78 is 6.04. The maximum absolute atomic E-state index is 6.04. The third kappa shape index (κ3) is 2.20. The van der Waals surface area contributed by atoms with Gasteiger partial charge in [-0.15, -0.1) is 0 Å². The van der Waals surface area contributed by atoms with Crippen molar-refractivity contribution in [3.8, 4) is 22.3 Å². The van der Waals surface area contributed by atoms with Crippen LogP contribution >= 0.6 is 0 Å². The third-order valence-electron chi connectivity index (χ3n) is 5.75. The van der Waals surface area contributed by atoms with Crippen LogP contribution in [0, 0.1) is 0 Å². The van der Waals surface area contributed by atoms with E-state index in [0.29, 0.717) is 0 Å². The van der Waals surface area contributed by atoms with Crippen molar-refractivity contribution in [1.29, 1.82) is 0 Å². The fraction of sp³-hybridized carbons (Fsp3) is 0.0400. The molecule has 0 spiro atoms. The smallest absolute Gasteiger partial charge is 0.139 e. The van der Waals surface area contributed by atoms with E-state index in [4.69, 9.17) is 4.42 Å². The van der Waals surface area contributed by atoms with Crippen molar-refractivity contribution < 1.29 is 4.42 Å². The number of rotatable bonds is 1. The average molecular weight is 344 g/mol. The summed E-state index contributed by atoms with van der Waals surface area (Å²) in [6, 6.07) is 28.6. The molecule has 0 saturated heterocycles. The van der Waals surface area contributed by atoms with Crippen molar-refractivity contribution >= 4 is 35.2 Å². The Morgan fingerprint density at radius 3 is 2.41 bits per heavy atom. The van der Waals surface area contributed by atoms with Crippen LogP contribution in [0.2, 0.25) is 0 Å². The summed E-state index contributed by atoms with van der Waals surface area (Å²) in [6.07, 6.45) is 1.02. The normalized spacial score (nSPS) is 12.4. The summed E-state index contributed by atoms with van der Waals surface area (Å²) in [5.41, 5.74) is 11.2. The minimum absolute atomic E-state index is 0.952. The first-order valence-corrected chi connectivity index (χ1v) is 9.41. The van der Waals surface area contributed by atoms with Gasteiger partial charge in [0.25, 0.3) is 0 Å². The van der Waals surface area contributed by atoms with Crippen LogP contribution in [0.4, 0.5) is 0 Å². The van der Waals surface area contributed by atoms with E-state index in [1.54, 1.807) is 0 Å². The number of hydrogen-bond acceptors (Lipinski definition) is 1. The molecule has 1 aromatic heterocycles. The van der Waals surface area contributed by atoms with Gasteiger partial charge < -0.3 is 4.42 Å². The predicted octanol–water partition coefficient (Wildman–Crippen LogP) is 5.08. The molecule has 0 fully saturated rings. The van der Waals surface area contributed by atoms with Gasteiger partial charge in [0, 0.05) is 10.8 Å². The molecule has 6 rings (SSSR count). The fourth-order valence-corrected chi connectivity index (χ4v) is 4.39. The Kier molecular flexibility index (Phi) is 2.96. The van der Waals surface area contributed by atoms with E-state index in [2.05, 4.69) is 86.7 Å². The zero-order valence-electron chi connectivity index (χ0n) is 15.1. The summed E-state index contributed by atoms with van der Waals surface area (Å²) in [7, 11) is 2.10. The van der Waals surface area contributed by atoms with E-state index in [1.165, 1.54) is 49.6 Å². The molecule has 0 saturated carbocycles. The number of furan rings is 1. The average Bonchev–Trinajstić information content (AvgIpc) is 3.24. The first-order chi connectivity index (χ1) is 13.3. The molecule has 4 aromatic carbocycles. The van der Waals surface area contributed by atoms with Crippen molar-refractivity contribution in [2.75, 3.05) is 0 Å². The molecule has 126 valence electrons. The number of hydrogen-bond donors (Lipinski definition) is 0. The highest BCUT2D eigenvalue weighted by atomic mass is 16.3. The van der Waals surface area contributed by atoms with Crippen molar-refractivity contribution in [2.45, 2.75) is 6.42 Å². The molecule has 0 amide bonds. The zero-order chi connectivity index (χ0) is 18.0. The lowest BCUT2D eigenvalue weighted by molar-refractivity contribution is 0.669. The number of benzene rings is 4. The second-order valence-corrected chi connectivity index (χ2v) is 7.52. The van der Waals surface area contributed by atoms with Gasteiger partial charge in [-0.25, -0.2) is 0 Å². The zero-order valence-corrected chi connectivity index (χ0v) is 15.1. The Morgan fingerprint density at radius 1 is 0.630 bits per heavy atom. The summed E-state index contributed by atoms with van der Waals surface area (Å²) in [6.45, 7) is 0. The molecule has 1 heterocycles. The van der Waals surface area contributed by atoms with E-state index in [-0.39, 0.29) is 0 Å². The second-order valence-electron chi connectivity index (χ2n) is 7.52. The van der Waals surface area contributed by atoms with Crippen molar-refractivity contribution in [3.05, 3.63) is 90.0 Å². The third-order valence-corrected chi connectivity index (χ3v) is 5.75. The Morgan fingerprint density at radius 2 is 1.44 bits per heavy atom. The van der Waals surface area contributed by atoms with Gasteiger partial charge in [-0.3, -0.25) is 0 Å². The van der Waals surface area contributed by atoms with Crippen LogP contribution in [0.15, 0.2) is 83.3 Å². The summed E-state index contributed by atoms with van der Waals surface area (Å²) in [4.78, 5) is 0. The Balaban J connectivity index is 1.50. The molecule has 27 heavy (non-hydrogen) atoms. The van der Waals surface area contributed by atoms with Crippen LogP contribution < -0.4 is 5.46 Å². The standard InChI is InChI=1S/C25H17BO/c26-19-7-9-22-23-13-16(6-10-24(23)27-25(22)14-19)15-5-8-21-18(11-15)12-17-3-1-2-4-20(17)21/h1-11,13-14H,12,26H2. The largest absolute Gasteiger partial charge is 0.456 e. The molecule has 0 aliphatic heterocycles. The van der Waals surface area contributed by atoms with Crippen LogP contribution in [0.25, 0.3) is 44.2 Å². The number of fused-ring (bicyclic) bond motifs is 6. The molecule has 1 nitrogen and oxygen atoms in total. The van der Waals surface area contributed by atoms with Crippen molar-refractivity contribution in [3.63, 3.8) is 0 Å². The van der Waals surface area contributed by atoms with Gasteiger partial charge in [-0.05, 0) is 58.0 Å². The molecule has 5 aromatic rings. The highest BCUT2D eigenvalue weighted by molar-refractivity contribution is 6.33. The fourth-order valence-electron chi connectivity index (χ4n) is 4.39. The molecule has 0 N–H and O–H groups in total. The van der Waals surface area contributed by atoms with E-state index in [9.17, 15) is 0 Å². The van der Waals surface area contributed by atoms with Crippen LogP contribution in [-0.2, 0) is 6.42 Å². The quantitative estimate of drug-likeness (QED) is 0.379. The highest BCUT2D eigenvalue weighted by Crippen LogP contribution is 2.39. The maximum atomic E-state index is 6.04. The highest BCUT2D eigenvalue weighted by Gasteiger charge is 2.18. The van der Waals surface area contributed by atoms with Gasteiger partial charge in [-0.1, -0.05) is 66.1 Å². The SMILES string of the molecule is Bc1ccc2c(c1)oc1ccc(-c3ccc4c(c3)Cc3ccccc3-4)cc12. The van der Waals surface area contributed by atoms with E-state index in [1.807, 2.05) is 0 Å². The van der Waals surface area contributed by atoms with Gasteiger partial charge in [0.15, 0.2) is 0 Å². The molecule has 0 atom stereocenters. The maximum Gasteiger partial charge on any atom is 0.139 e. The lowest BCUT2D eigenvalue weighted by Crippen LogP contribution is -1.98. The molecule has 0 unspecified atom stereocenters. The Labute approximate surface area is 158 Å². The summed E-state index contributed by atoms with van der Waals surface area (Å²) in [5.74, 6) is 0. The van der Waals surface area contributed by atoms with Crippen molar-refractivity contribution in [1.82, 2.24) is 0 Å². The van der Waals surface area contributed by atoms with Gasteiger partial charge >= 0.3 is 0 Å². The first-order valence-electron chi connectivity index (χ1n) is 9.41. The summed E-state index contributed by atoms with van der Waals surface area (Å²) in [5, 5.41) is 2.37. The van der Waals surface area contributed by atoms with E-state index >= 15 is 0 Å². The van der Waals surface area contributed by atoms with Gasteiger partial charge in [0.05, 0.1) is 0 Å². The van der Waals surface area contributed by atoms with E-state index in [0.717, 1.165) is 17.6 Å². The molecular weight excluding hydrogens is 327 g/mol. The monoisotopic (exact) mass is 344 g/mol. The van der Waals surface area contributed by atoms with Crippen LogP contribution in [0.1, 0.15) is 11.1 Å². The summed E-state index contributed by atoms with van der Waals surface area (Å²) >= 11 is 0. The van der Waals surface area contributed by atoms with Crippen molar-refractivity contribution in [2.24, 2.45) is 0 Å². The molecular formula is C25H17BO. The topological polar surface area (TPSA) is 13.1 Å². The Hall–Kier alpha value is -3.26. The van der Waals surface area contributed by atoms with Gasteiger partial charge in [0.2, 0.25) is 0 Å². The Bertz CT molecular complexity index is 1360. The molecule has 2 heteroatoms. The molecule has 1 aliphatic carbocycles.